The van der Waals surface area contributed by atoms with Crippen molar-refractivity contribution in [3.8, 4) is 5.75 Å². The lowest BCUT2D eigenvalue weighted by atomic mass is 9.86. The van der Waals surface area contributed by atoms with Crippen LogP contribution in [0.3, 0.4) is 0 Å². The van der Waals surface area contributed by atoms with Crippen molar-refractivity contribution in [3.63, 3.8) is 0 Å². The summed E-state index contributed by atoms with van der Waals surface area (Å²) in [5.74, 6) is 0.0314. The Balaban J connectivity index is 1.66. The van der Waals surface area contributed by atoms with E-state index in [1.54, 1.807) is 36.4 Å². The van der Waals surface area contributed by atoms with Gasteiger partial charge < -0.3 is 10.1 Å². The van der Waals surface area contributed by atoms with Crippen molar-refractivity contribution in [1.29, 1.82) is 0 Å². The molecule has 0 unspecified atom stereocenters. The van der Waals surface area contributed by atoms with E-state index in [9.17, 15) is 13.2 Å². The molecule has 6 nitrogen and oxygen atoms in total. The van der Waals surface area contributed by atoms with Crippen molar-refractivity contribution in [2.45, 2.75) is 70.4 Å². The Morgan fingerprint density at radius 3 is 2.35 bits per heavy atom. The number of rotatable bonds is 7. The molecule has 0 saturated heterocycles. The number of hydrogen-bond acceptors (Lipinski definition) is 4. The number of ether oxygens (including phenoxy) is 1. The molecule has 37 heavy (non-hydrogen) atoms. The summed E-state index contributed by atoms with van der Waals surface area (Å²) in [4.78, 5) is 13.5. The van der Waals surface area contributed by atoms with E-state index in [-0.39, 0.29) is 22.8 Å². The first kappa shape index (κ1) is 26.7. The lowest BCUT2D eigenvalue weighted by Gasteiger charge is -2.36. The molecule has 0 aromatic heterocycles. The maximum atomic E-state index is 13.8. The number of aryl methyl sites for hydroxylation is 2. The predicted molar refractivity (Wildman–Crippen MR) is 148 cm³/mol. The van der Waals surface area contributed by atoms with Gasteiger partial charge in [-0.25, -0.2) is 8.42 Å². The minimum absolute atomic E-state index is 0.112. The fourth-order valence-electron chi connectivity index (χ4n) is 4.51. The normalized spacial score (nSPS) is 15.6. The van der Waals surface area contributed by atoms with Crippen molar-refractivity contribution in [1.82, 2.24) is 5.32 Å². The smallest absolute Gasteiger partial charge is 0.264 e. The summed E-state index contributed by atoms with van der Waals surface area (Å²) in [6, 6.07) is 20.2. The standard InChI is InChI=1S/C30H36N2O4S/c1-6-21-13-14-22(7-2)23(17-21)19-31-29(33)28-20-32(37(34,35)25-11-9-8-10-12-25)26-18-24(30(3,4)5)15-16-27(26)36-28/h8-18,28H,6-7,19-20H2,1-5H3,(H,31,33)/t28-/m0/s1. The molecule has 0 saturated carbocycles. The van der Waals surface area contributed by atoms with Gasteiger partial charge >= 0.3 is 0 Å². The fraction of sp³-hybridized carbons (Fsp3) is 0.367. The Labute approximate surface area is 220 Å². The van der Waals surface area contributed by atoms with E-state index in [4.69, 9.17) is 4.74 Å². The van der Waals surface area contributed by atoms with Crippen LogP contribution in [0.15, 0.2) is 71.6 Å². The molecule has 0 spiro atoms. The van der Waals surface area contributed by atoms with Gasteiger partial charge in [-0.05, 0) is 64.8 Å². The Morgan fingerprint density at radius 1 is 0.973 bits per heavy atom. The summed E-state index contributed by atoms with van der Waals surface area (Å²) >= 11 is 0. The molecule has 0 radical (unpaired) electrons. The molecule has 196 valence electrons. The van der Waals surface area contributed by atoms with E-state index in [2.05, 4.69) is 58.1 Å². The van der Waals surface area contributed by atoms with Gasteiger partial charge in [-0.2, -0.15) is 0 Å². The van der Waals surface area contributed by atoms with Crippen molar-refractivity contribution >= 4 is 21.6 Å². The third-order valence-corrected chi connectivity index (χ3v) is 8.62. The molecule has 1 N–H and O–H groups in total. The molecule has 3 aromatic rings. The minimum atomic E-state index is -3.92. The van der Waals surface area contributed by atoms with Crippen LogP contribution in [0.2, 0.25) is 0 Å². The molecule has 0 bridgehead atoms. The van der Waals surface area contributed by atoms with Gasteiger partial charge in [0.2, 0.25) is 0 Å². The van der Waals surface area contributed by atoms with Gasteiger partial charge in [-0.15, -0.1) is 0 Å². The van der Waals surface area contributed by atoms with Gasteiger partial charge in [-0.3, -0.25) is 9.10 Å². The van der Waals surface area contributed by atoms with Gasteiger partial charge in [-0.1, -0.05) is 77.1 Å². The number of nitrogens with zero attached hydrogens (tertiary/aromatic N) is 1. The van der Waals surface area contributed by atoms with Crippen LogP contribution in [0, 0.1) is 0 Å². The van der Waals surface area contributed by atoms with Crippen LogP contribution < -0.4 is 14.4 Å². The van der Waals surface area contributed by atoms with Gasteiger partial charge in [0, 0.05) is 6.54 Å². The van der Waals surface area contributed by atoms with Crippen LogP contribution in [-0.4, -0.2) is 27.0 Å². The molecule has 1 heterocycles. The summed E-state index contributed by atoms with van der Waals surface area (Å²) in [6.07, 6.45) is 0.795. The molecule has 1 atom stereocenters. The number of fused-ring (bicyclic) bond motifs is 1. The SMILES string of the molecule is CCc1ccc(CC)c(CNC(=O)[C@@H]2CN(S(=O)(=O)c3ccccc3)c3cc(C(C)(C)C)ccc3O2)c1. The molecule has 1 aliphatic rings. The largest absolute Gasteiger partial charge is 0.476 e. The number of carbonyl (C=O) groups excluding carboxylic acids is 1. The third kappa shape index (κ3) is 5.67. The Kier molecular flexibility index (Phi) is 7.64. The van der Waals surface area contributed by atoms with Crippen LogP contribution in [0.4, 0.5) is 5.69 Å². The number of benzene rings is 3. The quantitative estimate of drug-likeness (QED) is 0.454. The maximum absolute atomic E-state index is 13.8. The lowest BCUT2D eigenvalue weighted by Crippen LogP contribution is -2.50. The zero-order valence-corrected chi connectivity index (χ0v) is 23.1. The summed E-state index contributed by atoms with van der Waals surface area (Å²) in [7, 11) is -3.92. The van der Waals surface area contributed by atoms with Crippen LogP contribution >= 0.6 is 0 Å². The molecule has 4 rings (SSSR count). The van der Waals surface area contributed by atoms with Crippen LogP contribution in [-0.2, 0) is 39.6 Å². The number of sulfonamides is 1. The molecule has 3 aromatic carbocycles. The maximum Gasteiger partial charge on any atom is 0.264 e. The lowest BCUT2D eigenvalue weighted by molar-refractivity contribution is -0.127. The highest BCUT2D eigenvalue weighted by Gasteiger charge is 2.38. The topological polar surface area (TPSA) is 75.7 Å². The third-order valence-electron chi connectivity index (χ3n) is 6.83. The highest BCUT2D eigenvalue weighted by molar-refractivity contribution is 7.92. The van der Waals surface area contributed by atoms with Gasteiger partial charge in [0.05, 0.1) is 17.1 Å². The number of anilines is 1. The second-order valence-electron chi connectivity index (χ2n) is 10.4. The summed E-state index contributed by atoms with van der Waals surface area (Å²) in [5, 5.41) is 2.99. The van der Waals surface area contributed by atoms with Crippen molar-refractivity contribution < 1.29 is 17.9 Å². The molecule has 0 fully saturated rings. The molecular formula is C30H36N2O4S. The van der Waals surface area contributed by atoms with Crippen molar-refractivity contribution in [2.75, 3.05) is 10.8 Å². The summed E-state index contributed by atoms with van der Waals surface area (Å²) in [5.41, 5.74) is 4.69. The molecule has 1 amide bonds. The number of carbonyl (C=O) groups is 1. The Hall–Kier alpha value is -3.32. The van der Waals surface area contributed by atoms with E-state index >= 15 is 0 Å². The average molecular weight is 521 g/mol. The van der Waals surface area contributed by atoms with E-state index in [0.717, 1.165) is 24.0 Å². The van der Waals surface area contributed by atoms with E-state index in [1.807, 2.05) is 12.1 Å². The second-order valence-corrected chi connectivity index (χ2v) is 12.3. The van der Waals surface area contributed by atoms with Crippen LogP contribution in [0.5, 0.6) is 5.75 Å². The van der Waals surface area contributed by atoms with E-state index in [0.29, 0.717) is 18.0 Å². The van der Waals surface area contributed by atoms with Gasteiger partial charge in [0.25, 0.3) is 15.9 Å². The van der Waals surface area contributed by atoms with E-state index < -0.39 is 16.1 Å². The second kappa shape index (κ2) is 10.6. The first-order valence-electron chi connectivity index (χ1n) is 12.8. The fourth-order valence-corrected chi connectivity index (χ4v) is 6.00. The Bertz CT molecular complexity index is 1380. The molecular weight excluding hydrogens is 484 g/mol. The van der Waals surface area contributed by atoms with E-state index in [1.165, 1.54) is 15.4 Å². The molecule has 0 aliphatic carbocycles. The van der Waals surface area contributed by atoms with Crippen molar-refractivity contribution in [3.05, 3.63) is 89.0 Å². The highest BCUT2D eigenvalue weighted by atomic mass is 32.2. The van der Waals surface area contributed by atoms with Crippen LogP contribution in [0.1, 0.15) is 56.9 Å². The molecule has 1 aliphatic heterocycles. The zero-order chi connectivity index (χ0) is 26.8. The predicted octanol–water partition coefficient (Wildman–Crippen LogP) is 5.38. The number of hydrogen-bond donors (Lipinski definition) is 1. The van der Waals surface area contributed by atoms with Crippen molar-refractivity contribution in [2.24, 2.45) is 0 Å². The monoisotopic (exact) mass is 520 g/mol. The Morgan fingerprint density at radius 2 is 1.70 bits per heavy atom. The molecule has 7 heteroatoms. The van der Waals surface area contributed by atoms with Gasteiger partial charge in [0.1, 0.15) is 5.75 Å². The van der Waals surface area contributed by atoms with Crippen LogP contribution in [0.25, 0.3) is 0 Å². The summed E-state index contributed by atoms with van der Waals surface area (Å²) < 4.78 is 34.9. The minimum Gasteiger partial charge on any atom is -0.476 e. The first-order valence-corrected chi connectivity index (χ1v) is 14.3. The summed E-state index contributed by atoms with van der Waals surface area (Å²) in [6.45, 7) is 10.7. The van der Waals surface area contributed by atoms with Gasteiger partial charge in [0.15, 0.2) is 6.10 Å². The average Bonchev–Trinajstić information content (AvgIpc) is 2.90. The zero-order valence-electron chi connectivity index (χ0n) is 22.2. The first-order chi connectivity index (χ1) is 17.5. The number of nitrogens with one attached hydrogen (secondary N) is 1. The highest BCUT2D eigenvalue weighted by Crippen LogP contribution is 2.40. The number of amides is 1.